The molecule has 132 valence electrons. The van der Waals surface area contributed by atoms with Crippen LogP contribution in [0.3, 0.4) is 0 Å². The zero-order chi connectivity index (χ0) is 17.2. The molecule has 0 radical (unpaired) electrons. The lowest BCUT2D eigenvalue weighted by atomic mass is 10.0. The lowest BCUT2D eigenvalue weighted by molar-refractivity contribution is -0.133. The number of rotatable bonds is 4. The van der Waals surface area contributed by atoms with Gasteiger partial charge in [0.05, 0.1) is 12.8 Å². The summed E-state index contributed by atoms with van der Waals surface area (Å²) >= 11 is 0. The van der Waals surface area contributed by atoms with Crippen LogP contribution in [0.2, 0.25) is 0 Å². The van der Waals surface area contributed by atoms with Crippen LogP contribution >= 0.6 is 0 Å². The van der Waals surface area contributed by atoms with E-state index in [-0.39, 0.29) is 5.91 Å². The summed E-state index contributed by atoms with van der Waals surface area (Å²) in [5.41, 5.74) is 1.27. The van der Waals surface area contributed by atoms with Crippen molar-refractivity contribution in [2.24, 2.45) is 0 Å². The van der Waals surface area contributed by atoms with Crippen molar-refractivity contribution in [2.75, 3.05) is 45.5 Å². The normalized spacial score (nSPS) is 23.5. The molecule has 2 aliphatic rings. The van der Waals surface area contributed by atoms with Crippen LogP contribution < -0.4 is 0 Å². The molecule has 2 fully saturated rings. The zero-order valence-corrected chi connectivity index (χ0v) is 14.9. The van der Waals surface area contributed by atoms with Gasteiger partial charge in [-0.15, -0.1) is 0 Å². The summed E-state index contributed by atoms with van der Waals surface area (Å²) in [4.78, 5) is 16.6. The third-order valence-corrected chi connectivity index (χ3v) is 6.25. The minimum atomic E-state index is -3.16. The van der Waals surface area contributed by atoms with Crippen LogP contribution in [0.25, 0.3) is 0 Å². The molecule has 2 aliphatic heterocycles. The number of nitrogens with zero attached hydrogens (tertiary/aromatic N) is 3. The predicted molar refractivity (Wildman–Crippen MR) is 93.0 cm³/mol. The molecule has 24 heavy (non-hydrogen) atoms. The van der Waals surface area contributed by atoms with E-state index in [1.807, 2.05) is 18.2 Å². The molecule has 2 heterocycles. The highest BCUT2D eigenvalue weighted by molar-refractivity contribution is 7.88. The summed E-state index contributed by atoms with van der Waals surface area (Å²) < 4.78 is 24.6. The molecule has 0 aliphatic carbocycles. The summed E-state index contributed by atoms with van der Waals surface area (Å²) in [6.45, 7) is 3.11. The number of amides is 1. The Morgan fingerprint density at radius 3 is 2.38 bits per heavy atom. The quantitative estimate of drug-likeness (QED) is 0.810. The SMILES string of the molecule is CS(=O)(=O)N1CCN(C(=O)CN2CCC[C@@H]2c2ccccc2)CC1. The Balaban J connectivity index is 1.57. The van der Waals surface area contributed by atoms with Gasteiger partial charge in [-0.2, -0.15) is 4.31 Å². The van der Waals surface area contributed by atoms with Gasteiger partial charge in [-0.25, -0.2) is 8.42 Å². The fraction of sp³-hybridized carbons (Fsp3) is 0.588. The minimum absolute atomic E-state index is 0.103. The Hall–Kier alpha value is -1.44. The van der Waals surface area contributed by atoms with Crippen molar-refractivity contribution in [2.45, 2.75) is 18.9 Å². The number of carbonyl (C=O) groups is 1. The van der Waals surface area contributed by atoms with E-state index in [1.54, 1.807) is 4.90 Å². The van der Waals surface area contributed by atoms with Crippen molar-refractivity contribution in [3.8, 4) is 0 Å². The van der Waals surface area contributed by atoms with Crippen molar-refractivity contribution < 1.29 is 13.2 Å². The number of hydrogen-bond donors (Lipinski definition) is 0. The van der Waals surface area contributed by atoms with Gasteiger partial charge in [0.2, 0.25) is 15.9 Å². The molecular formula is C17H25N3O3S. The van der Waals surface area contributed by atoms with Crippen molar-refractivity contribution in [3.63, 3.8) is 0 Å². The molecule has 7 heteroatoms. The van der Waals surface area contributed by atoms with E-state index in [1.165, 1.54) is 16.1 Å². The highest BCUT2D eigenvalue weighted by atomic mass is 32.2. The molecule has 1 aromatic carbocycles. The topological polar surface area (TPSA) is 60.9 Å². The van der Waals surface area contributed by atoms with Gasteiger partial charge in [0.25, 0.3) is 0 Å². The van der Waals surface area contributed by atoms with E-state index in [4.69, 9.17) is 0 Å². The second-order valence-corrected chi connectivity index (χ2v) is 8.56. The van der Waals surface area contributed by atoms with Crippen LogP contribution in [0, 0.1) is 0 Å². The second kappa shape index (κ2) is 7.21. The Morgan fingerprint density at radius 2 is 1.75 bits per heavy atom. The average molecular weight is 351 g/mol. The van der Waals surface area contributed by atoms with Crippen LogP contribution in [-0.2, 0) is 14.8 Å². The summed E-state index contributed by atoms with van der Waals surface area (Å²) in [6.07, 6.45) is 3.41. The van der Waals surface area contributed by atoms with Crippen LogP contribution in [-0.4, -0.2) is 74.0 Å². The predicted octanol–water partition coefficient (Wildman–Crippen LogP) is 0.927. The van der Waals surface area contributed by atoms with E-state index in [0.29, 0.717) is 38.8 Å². The van der Waals surface area contributed by atoms with Gasteiger partial charge >= 0.3 is 0 Å². The molecule has 3 rings (SSSR count). The van der Waals surface area contributed by atoms with Gasteiger partial charge in [-0.3, -0.25) is 9.69 Å². The summed E-state index contributed by atoms with van der Waals surface area (Å²) in [7, 11) is -3.16. The first-order valence-corrected chi connectivity index (χ1v) is 10.3. The number of hydrogen-bond acceptors (Lipinski definition) is 4. The molecule has 0 unspecified atom stereocenters. The van der Waals surface area contributed by atoms with E-state index >= 15 is 0 Å². The van der Waals surface area contributed by atoms with Gasteiger partial charge in [0.1, 0.15) is 0 Å². The molecule has 0 spiro atoms. The monoisotopic (exact) mass is 351 g/mol. The standard InChI is InChI=1S/C17H25N3O3S/c1-24(22,23)20-12-10-18(11-13-20)17(21)14-19-9-5-8-16(19)15-6-3-2-4-7-15/h2-4,6-7,16H,5,8-14H2,1H3/t16-/m1/s1. The van der Waals surface area contributed by atoms with Crippen molar-refractivity contribution >= 4 is 15.9 Å². The molecule has 1 amide bonds. The molecule has 0 aromatic heterocycles. The maximum Gasteiger partial charge on any atom is 0.236 e. The number of likely N-dealkylation sites (tertiary alicyclic amines) is 1. The molecule has 1 atom stereocenters. The molecule has 1 aromatic rings. The van der Waals surface area contributed by atoms with E-state index in [9.17, 15) is 13.2 Å². The summed E-state index contributed by atoms with van der Waals surface area (Å²) in [5, 5.41) is 0. The highest BCUT2D eigenvalue weighted by Gasteiger charge is 2.31. The third kappa shape index (κ3) is 3.96. The summed E-state index contributed by atoms with van der Waals surface area (Å²) in [6, 6.07) is 10.6. The summed E-state index contributed by atoms with van der Waals surface area (Å²) in [5.74, 6) is 0.103. The van der Waals surface area contributed by atoms with E-state index in [2.05, 4.69) is 17.0 Å². The molecule has 2 saturated heterocycles. The minimum Gasteiger partial charge on any atom is -0.339 e. The maximum atomic E-state index is 12.6. The van der Waals surface area contributed by atoms with Gasteiger partial charge in [-0.1, -0.05) is 30.3 Å². The second-order valence-electron chi connectivity index (χ2n) is 6.58. The van der Waals surface area contributed by atoms with Crippen molar-refractivity contribution in [3.05, 3.63) is 35.9 Å². The van der Waals surface area contributed by atoms with Crippen molar-refractivity contribution in [1.29, 1.82) is 0 Å². The number of piperazine rings is 1. The molecular weight excluding hydrogens is 326 g/mol. The van der Waals surface area contributed by atoms with Crippen molar-refractivity contribution in [1.82, 2.24) is 14.1 Å². The zero-order valence-electron chi connectivity index (χ0n) is 14.1. The maximum absolute atomic E-state index is 12.6. The molecule has 0 N–H and O–H groups in total. The molecule has 0 bridgehead atoms. The van der Waals surface area contributed by atoms with Crippen LogP contribution in [0.5, 0.6) is 0 Å². The molecule has 0 saturated carbocycles. The highest BCUT2D eigenvalue weighted by Crippen LogP contribution is 2.31. The average Bonchev–Trinajstić information content (AvgIpc) is 3.03. The van der Waals surface area contributed by atoms with Gasteiger partial charge < -0.3 is 4.90 Å². The van der Waals surface area contributed by atoms with Gasteiger partial charge in [-0.05, 0) is 24.9 Å². The fourth-order valence-corrected chi connectivity index (χ4v) is 4.44. The smallest absolute Gasteiger partial charge is 0.236 e. The number of carbonyl (C=O) groups excluding carboxylic acids is 1. The first-order chi connectivity index (χ1) is 11.4. The van der Waals surface area contributed by atoms with Gasteiger partial charge in [0.15, 0.2) is 0 Å². The Bertz CT molecular complexity index is 670. The first kappa shape index (κ1) is 17.4. The Kier molecular flexibility index (Phi) is 5.22. The van der Waals surface area contributed by atoms with Crippen LogP contribution in [0.4, 0.5) is 0 Å². The largest absolute Gasteiger partial charge is 0.339 e. The van der Waals surface area contributed by atoms with E-state index < -0.39 is 10.0 Å². The lowest BCUT2D eigenvalue weighted by Gasteiger charge is -2.35. The fourth-order valence-electron chi connectivity index (χ4n) is 3.61. The van der Waals surface area contributed by atoms with E-state index in [0.717, 1.165) is 19.4 Å². The lowest BCUT2D eigenvalue weighted by Crippen LogP contribution is -2.52. The Labute approximate surface area is 144 Å². The van der Waals surface area contributed by atoms with Gasteiger partial charge in [0, 0.05) is 32.2 Å². The third-order valence-electron chi connectivity index (χ3n) is 4.95. The Morgan fingerprint density at radius 1 is 1.08 bits per heavy atom. The number of sulfonamides is 1. The van der Waals surface area contributed by atoms with Crippen LogP contribution in [0.1, 0.15) is 24.4 Å². The molecule has 6 nitrogen and oxygen atoms in total. The first-order valence-electron chi connectivity index (χ1n) is 8.47. The number of benzene rings is 1. The van der Waals surface area contributed by atoms with Crippen LogP contribution in [0.15, 0.2) is 30.3 Å².